The lowest BCUT2D eigenvalue weighted by Crippen LogP contribution is -2.35. The van der Waals surface area contributed by atoms with Gasteiger partial charge in [0.05, 0.1) is 18.0 Å². The van der Waals surface area contributed by atoms with E-state index in [1.54, 1.807) is 48.9 Å². The predicted molar refractivity (Wildman–Crippen MR) is 158 cm³/mol. The van der Waals surface area contributed by atoms with Crippen molar-refractivity contribution in [2.24, 2.45) is 5.73 Å². The summed E-state index contributed by atoms with van der Waals surface area (Å²) in [6.07, 6.45) is 7.29. The van der Waals surface area contributed by atoms with E-state index in [2.05, 4.69) is 42.1 Å². The zero-order valence-corrected chi connectivity index (χ0v) is 22.7. The minimum absolute atomic E-state index is 0.00177. The lowest BCUT2D eigenvalue weighted by Gasteiger charge is -2.26. The van der Waals surface area contributed by atoms with Crippen LogP contribution < -0.4 is 16.0 Å². The Balaban J connectivity index is 1.20. The molecule has 1 fully saturated rings. The number of phenols is 1. The van der Waals surface area contributed by atoms with Crippen LogP contribution in [0.2, 0.25) is 0 Å². The maximum Gasteiger partial charge on any atom is 0.272 e. The van der Waals surface area contributed by atoms with Crippen molar-refractivity contribution < 1.29 is 9.90 Å². The molecule has 0 atom stereocenters. The second-order valence-electron chi connectivity index (χ2n) is 9.38. The molecule has 13 heteroatoms. The highest BCUT2D eigenvalue weighted by atomic mass is 16.3. The van der Waals surface area contributed by atoms with Gasteiger partial charge in [0.1, 0.15) is 17.4 Å². The first-order chi connectivity index (χ1) is 20.4. The highest BCUT2D eigenvalue weighted by Gasteiger charge is 2.20. The minimum Gasteiger partial charge on any atom is -0.507 e. The molecular formula is C29H29N11O2. The van der Waals surface area contributed by atoms with Gasteiger partial charge in [-0.05, 0) is 42.7 Å². The number of amides is 1. The molecule has 0 spiro atoms. The van der Waals surface area contributed by atoms with Crippen molar-refractivity contribution in [3.8, 4) is 17.6 Å². The van der Waals surface area contributed by atoms with E-state index in [4.69, 9.17) is 16.6 Å². The zero-order chi connectivity index (χ0) is 29.5. The molecule has 3 aromatic heterocycles. The van der Waals surface area contributed by atoms with Gasteiger partial charge in [-0.25, -0.2) is 19.5 Å². The fourth-order valence-electron chi connectivity index (χ4n) is 4.51. The van der Waals surface area contributed by atoms with Crippen LogP contribution in [0.15, 0.2) is 72.8 Å². The first kappa shape index (κ1) is 27.8. The first-order valence-corrected chi connectivity index (χ1v) is 13.2. The number of aromatic hydroxyl groups is 1. The van der Waals surface area contributed by atoms with E-state index in [0.717, 1.165) is 6.42 Å². The van der Waals surface area contributed by atoms with Gasteiger partial charge in [0, 0.05) is 56.4 Å². The van der Waals surface area contributed by atoms with Crippen LogP contribution in [0, 0.1) is 22.7 Å². The SMILES string of the molecule is N=C(N)/C(=C\C(=N)c1ccccc1O)N1CCCN(c2ccnc(C#CCNC(=O)c3cc4ncccn4n3)n2)CC1. The molecular weight excluding hydrogens is 534 g/mol. The summed E-state index contributed by atoms with van der Waals surface area (Å²) in [6.45, 7) is 2.60. The Morgan fingerprint density at radius 2 is 1.95 bits per heavy atom. The fraction of sp³-hybridized carbons (Fsp3) is 0.207. The molecule has 0 aliphatic carbocycles. The zero-order valence-electron chi connectivity index (χ0n) is 22.7. The molecule has 0 radical (unpaired) electrons. The molecule has 6 N–H and O–H groups in total. The number of nitrogens with two attached hydrogens (primary N) is 1. The average molecular weight is 564 g/mol. The number of benzene rings is 1. The second-order valence-corrected chi connectivity index (χ2v) is 9.38. The van der Waals surface area contributed by atoms with Crippen LogP contribution >= 0.6 is 0 Å². The Hall–Kier alpha value is -5.77. The summed E-state index contributed by atoms with van der Waals surface area (Å²) in [6, 6.07) is 11.8. The molecule has 1 aliphatic heterocycles. The average Bonchev–Trinajstić information content (AvgIpc) is 3.29. The lowest BCUT2D eigenvalue weighted by atomic mass is 10.1. The monoisotopic (exact) mass is 563 g/mol. The molecule has 4 heterocycles. The summed E-state index contributed by atoms with van der Waals surface area (Å²) in [4.78, 5) is 29.5. The molecule has 1 aromatic carbocycles. The van der Waals surface area contributed by atoms with E-state index in [1.807, 2.05) is 11.0 Å². The molecule has 4 aromatic rings. The number of para-hydroxylation sites is 1. The number of phenolic OH excluding ortho intramolecular Hbond substituents is 1. The van der Waals surface area contributed by atoms with Crippen molar-refractivity contribution in [3.05, 3.63) is 89.9 Å². The molecule has 0 bridgehead atoms. The van der Waals surface area contributed by atoms with Gasteiger partial charge in [0.25, 0.3) is 5.91 Å². The van der Waals surface area contributed by atoms with Gasteiger partial charge >= 0.3 is 0 Å². The van der Waals surface area contributed by atoms with Gasteiger partial charge in [-0.1, -0.05) is 18.1 Å². The minimum atomic E-state index is -0.353. The first-order valence-electron chi connectivity index (χ1n) is 13.2. The number of amidine groups is 1. The van der Waals surface area contributed by atoms with Gasteiger partial charge in [-0.3, -0.25) is 10.2 Å². The van der Waals surface area contributed by atoms with Crippen LogP contribution in [-0.2, 0) is 0 Å². The fourth-order valence-corrected chi connectivity index (χ4v) is 4.51. The van der Waals surface area contributed by atoms with Crippen LogP contribution in [0.4, 0.5) is 5.82 Å². The summed E-state index contributed by atoms with van der Waals surface area (Å²) in [5.74, 6) is 6.33. The number of anilines is 1. The summed E-state index contributed by atoms with van der Waals surface area (Å²) in [7, 11) is 0. The maximum absolute atomic E-state index is 12.4. The van der Waals surface area contributed by atoms with E-state index in [9.17, 15) is 9.90 Å². The van der Waals surface area contributed by atoms with Gasteiger partial charge in [-0.15, -0.1) is 0 Å². The number of hydrogen-bond donors (Lipinski definition) is 5. The third kappa shape index (κ3) is 6.50. The standard InChI is InChI=1S/C29H29N11O2/c30-21(20-6-1-2-7-24(20)41)18-23(28(31)32)38-13-5-14-39(17-16-38)26-9-12-33-25(36-26)8-3-10-35-29(42)22-19-27-34-11-4-15-40(27)37-22/h1-2,4,6-7,9,11-12,15,18-19,30,41H,5,10,13-14,16-17H2,(H3,31,32)(H,35,42)/b23-18+,30-21?. The number of fused-ring (bicyclic) bond motifs is 1. The Morgan fingerprint density at radius 3 is 2.76 bits per heavy atom. The molecule has 13 nitrogen and oxygen atoms in total. The smallest absolute Gasteiger partial charge is 0.272 e. The predicted octanol–water partition coefficient (Wildman–Crippen LogP) is 1.41. The van der Waals surface area contributed by atoms with Crippen LogP contribution in [0.25, 0.3) is 5.65 Å². The third-order valence-corrected chi connectivity index (χ3v) is 6.56. The van der Waals surface area contributed by atoms with Gasteiger partial charge in [0.2, 0.25) is 5.82 Å². The summed E-state index contributed by atoms with van der Waals surface area (Å²) in [5.41, 5.74) is 7.61. The van der Waals surface area contributed by atoms with Crippen molar-refractivity contribution in [2.45, 2.75) is 6.42 Å². The Bertz CT molecular complexity index is 1700. The quantitative estimate of drug-likeness (QED) is 0.126. The number of nitrogens with zero attached hydrogens (tertiary/aromatic N) is 7. The molecule has 5 rings (SSSR count). The van der Waals surface area contributed by atoms with Crippen molar-refractivity contribution >= 4 is 28.9 Å². The van der Waals surface area contributed by atoms with E-state index < -0.39 is 0 Å². The van der Waals surface area contributed by atoms with Crippen molar-refractivity contribution in [1.29, 1.82) is 10.8 Å². The van der Waals surface area contributed by atoms with Gasteiger partial charge in [0.15, 0.2) is 11.3 Å². The van der Waals surface area contributed by atoms with Gasteiger partial charge in [-0.2, -0.15) is 5.10 Å². The number of hydrogen-bond acceptors (Lipinski definition) is 10. The number of carbonyl (C=O) groups is 1. The highest BCUT2D eigenvalue weighted by molar-refractivity contribution is 6.12. The van der Waals surface area contributed by atoms with E-state index in [-0.39, 0.29) is 35.4 Å². The Labute approximate surface area is 241 Å². The normalized spacial score (nSPS) is 13.7. The van der Waals surface area contributed by atoms with Crippen molar-refractivity contribution in [2.75, 3.05) is 37.6 Å². The number of allylic oxidation sites excluding steroid dienone is 1. The lowest BCUT2D eigenvalue weighted by molar-refractivity contribution is 0.0953. The largest absolute Gasteiger partial charge is 0.507 e. The third-order valence-electron chi connectivity index (χ3n) is 6.56. The van der Waals surface area contributed by atoms with E-state index in [0.29, 0.717) is 54.7 Å². The molecule has 0 unspecified atom stereocenters. The number of nitrogens with one attached hydrogen (secondary N) is 3. The van der Waals surface area contributed by atoms with Gasteiger partial charge < -0.3 is 31.4 Å². The number of aromatic nitrogens is 5. The molecule has 1 amide bonds. The molecule has 1 saturated heterocycles. The van der Waals surface area contributed by atoms with Crippen LogP contribution in [0.1, 0.15) is 28.3 Å². The molecule has 212 valence electrons. The second kappa shape index (κ2) is 12.6. The van der Waals surface area contributed by atoms with Crippen LogP contribution in [0.3, 0.4) is 0 Å². The highest BCUT2D eigenvalue weighted by Crippen LogP contribution is 2.20. The van der Waals surface area contributed by atoms with E-state index >= 15 is 0 Å². The Kier molecular flexibility index (Phi) is 8.34. The van der Waals surface area contributed by atoms with Crippen molar-refractivity contribution in [3.63, 3.8) is 0 Å². The van der Waals surface area contributed by atoms with Crippen LogP contribution in [0.5, 0.6) is 5.75 Å². The van der Waals surface area contributed by atoms with Crippen molar-refractivity contribution in [1.82, 2.24) is 34.8 Å². The van der Waals surface area contributed by atoms with Crippen LogP contribution in [-0.4, -0.2) is 84.8 Å². The maximum atomic E-state index is 12.4. The topological polar surface area (TPSA) is 186 Å². The summed E-state index contributed by atoms with van der Waals surface area (Å²) >= 11 is 0. The summed E-state index contributed by atoms with van der Waals surface area (Å²) < 4.78 is 1.53. The molecule has 1 aliphatic rings. The molecule has 42 heavy (non-hydrogen) atoms. The number of rotatable bonds is 7. The molecule has 0 saturated carbocycles. The van der Waals surface area contributed by atoms with E-state index in [1.165, 1.54) is 16.7 Å². The Morgan fingerprint density at radius 1 is 1.10 bits per heavy atom. The number of carbonyl (C=O) groups excluding carboxylic acids is 1. The summed E-state index contributed by atoms with van der Waals surface area (Å²) in [5, 5.41) is 33.6.